The average molecular weight is 236 g/mol. The van der Waals surface area contributed by atoms with Gasteiger partial charge in [-0.3, -0.25) is 4.79 Å². The van der Waals surface area contributed by atoms with E-state index in [4.69, 9.17) is 4.42 Å². The summed E-state index contributed by atoms with van der Waals surface area (Å²) in [5, 5.41) is 3.30. The van der Waals surface area contributed by atoms with Crippen LogP contribution in [0.15, 0.2) is 22.8 Å². The Balaban J connectivity index is 2.09. The second-order valence-corrected chi connectivity index (χ2v) is 5.06. The Labute approximate surface area is 102 Å². The van der Waals surface area contributed by atoms with Gasteiger partial charge in [0, 0.05) is 6.54 Å². The van der Waals surface area contributed by atoms with Crippen LogP contribution in [0.5, 0.6) is 0 Å². The molecule has 1 amide bonds. The molecule has 0 atom stereocenters. The summed E-state index contributed by atoms with van der Waals surface area (Å²) < 4.78 is 5.31. The maximum Gasteiger partial charge on any atom is 0.242 e. The van der Waals surface area contributed by atoms with Crippen LogP contribution < -0.4 is 5.32 Å². The van der Waals surface area contributed by atoms with Crippen molar-refractivity contribution >= 4 is 5.91 Å². The molecule has 1 aromatic rings. The van der Waals surface area contributed by atoms with Crippen molar-refractivity contribution in [2.75, 3.05) is 13.1 Å². The minimum Gasteiger partial charge on any atom is -0.467 e. The van der Waals surface area contributed by atoms with E-state index in [9.17, 15) is 4.79 Å². The first-order valence-electron chi connectivity index (χ1n) is 6.16. The zero-order valence-electron chi connectivity index (χ0n) is 10.5. The van der Waals surface area contributed by atoms with E-state index in [2.05, 4.69) is 5.32 Å². The van der Waals surface area contributed by atoms with Crippen LogP contribution in [0.2, 0.25) is 0 Å². The van der Waals surface area contributed by atoms with E-state index in [0.29, 0.717) is 6.54 Å². The van der Waals surface area contributed by atoms with Gasteiger partial charge in [-0.25, -0.2) is 0 Å². The van der Waals surface area contributed by atoms with Gasteiger partial charge in [0.1, 0.15) is 5.76 Å². The number of furan rings is 1. The van der Waals surface area contributed by atoms with Crippen molar-refractivity contribution < 1.29 is 9.21 Å². The Morgan fingerprint density at radius 3 is 3.00 bits per heavy atom. The molecule has 1 aromatic heterocycles. The fraction of sp³-hybridized carbons (Fsp3) is 0.615. The number of nitrogens with zero attached hydrogens (tertiary/aromatic N) is 1. The van der Waals surface area contributed by atoms with Gasteiger partial charge >= 0.3 is 0 Å². The van der Waals surface area contributed by atoms with E-state index in [1.165, 1.54) is 0 Å². The molecule has 0 bridgehead atoms. The molecule has 0 saturated carbocycles. The minimum absolute atomic E-state index is 0.147. The lowest BCUT2D eigenvalue weighted by Crippen LogP contribution is -2.55. The summed E-state index contributed by atoms with van der Waals surface area (Å²) in [6.07, 6.45) is 3.79. The molecule has 4 nitrogen and oxygen atoms in total. The van der Waals surface area contributed by atoms with Gasteiger partial charge < -0.3 is 14.6 Å². The molecule has 0 aliphatic carbocycles. The highest BCUT2D eigenvalue weighted by molar-refractivity contribution is 5.85. The molecule has 1 aliphatic rings. The number of amides is 1. The summed E-state index contributed by atoms with van der Waals surface area (Å²) >= 11 is 0. The fourth-order valence-corrected chi connectivity index (χ4v) is 2.14. The fourth-order valence-electron chi connectivity index (χ4n) is 2.14. The monoisotopic (exact) mass is 236 g/mol. The van der Waals surface area contributed by atoms with Gasteiger partial charge in [0.25, 0.3) is 0 Å². The van der Waals surface area contributed by atoms with E-state index >= 15 is 0 Å². The average Bonchev–Trinajstić information content (AvgIpc) is 2.77. The van der Waals surface area contributed by atoms with Crippen LogP contribution in [-0.2, 0) is 11.3 Å². The van der Waals surface area contributed by atoms with Crippen LogP contribution in [0.25, 0.3) is 0 Å². The van der Waals surface area contributed by atoms with Crippen LogP contribution in [-0.4, -0.2) is 29.4 Å². The topological polar surface area (TPSA) is 45.5 Å². The lowest BCUT2D eigenvalue weighted by atomic mass is 10.0. The summed E-state index contributed by atoms with van der Waals surface area (Å²) in [4.78, 5) is 14.2. The third kappa shape index (κ3) is 2.88. The van der Waals surface area contributed by atoms with E-state index in [-0.39, 0.29) is 5.91 Å². The minimum atomic E-state index is -0.479. The van der Waals surface area contributed by atoms with Gasteiger partial charge in [-0.05, 0) is 45.4 Å². The standard InChI is InChI=1S/C13H20N2O2/c1-13(2)12(16)15(8-4-3-7-14-13)10-11-6-5-9-17-11/h5-6,9,14H,3-4,7-8,10H2,1-2H3. The van der Waals surface area contributed by atoms with Crippen molar-refractivity contribution in [1.82, 2.24) is 10.2 Å². The molecule has 1 fully saturated rings. The maximum absolute atomic E-state index is 12.4. The molecular formula is C13H20N2O2. The van der Waals surface area contributed by atoms with Crippen LogP contribution in [0.4, 0.5) is 0 Å². The Hall–Kier alpha value is -1.29. The predicted molar refractivity (Wildman–Crippen MR) is 65.4 cm³/mol. The lowest BCUT2D eigenvalue weighted by molar-refractivity contribution is -0.138. The molecule has 0 spiro atoms. The quantitative estimate of drug-likeness (QED) is 0.851. The summed E-state index contributed by atoms with van der Waals surface area (Å²) in [5.41, 5.74) is -0.479. The highest BCUT2D eigenvalue weighted by atomic mass is 16.3. The van der Waals surface area contributed by atoms with E-state index in [0.717, 1.165) is 31.7 Å². The second-order valence-electron chi connectivity index (χ2n) is 5.06. The molecule has 0 aromatic carbocycles. The Morgan fingerprint density at radius 2 is 2.29 bits per heavy atom. The Morgan fingerprint density at radius 1 is 1.47 bits per heavy atom. The summed E-state index contributed by atoms with van der Waals surface area (Å²) in [6.45, 7) is 6.17. The molecule has 2 rings (SSSR count). The van der Waals surface area contributed by atoms with Crippen molar-refractivity contribution in [3.05, 3.63) is 24.2 Å². The van der Waals surface area contributed by atoms with E-state index < -0.39 is 5.54 Å². The molecule has 2 heterocycles. The summed E-state index contributed by atoms with van der Waals surface area (Å²) in [6, 6.07) is 3.76. The van der Waals surface area contributed by atoms with Crippen molar-refractivity contribution in [1.29, 1.82) is 0 Å². The number of carbonyl (C=O) groups excluding carboxylic acids is 1. The molecule has 94 valence electrons. The molecule has 17 heavy (non-hydrogen) atoms. The van der Waals surface area contributed by atoms with Gasteiger partial charge in [0.15, 0.2) is 0 Å². The Bertz CT molecular complexity index is 371. The summed E-state index contributed by atoms with van der Waals surface area (Å²) in [5.74, 6) is 0.989. The van der Waals surface area contributed by atoms with Crippen molar-refractivity contribution in [3.63, 3.8) is 0 Å². The molecule has 0 radical (unpaired) electrons. The molecule has 4 heteroatoms. The number of rotatable bonds is 2. The summed E-state index contributed by atoms with van der Waals surface area (Å²) in [7, 11) is 0. The van der Waals surface area contributed by atoms with E-state index in [1.807, 2.05) is 30.9 Å². The SMILES string of the molecule is CC1(C)NCCCCN(Cc2ccco2)C1=O. The molecular weight excluding hydrogens is 216 g/mol. The van der Waals surface area contributed by atoms with Gasteiger partial charge in [-0.1, -0.05) is 0 Å². The highest BCUT2D eigenvalue weighted by Crippen LogP contribution is 2.15. The van der Waals surface area contributed by atoms with Gasteiger partial charge in [-0.2, -0.15) is 0 Å². The molecule has 0 unspecified atom stereocenters. The van der Waals surface area contributed by atoms with E-state index in [1.54, 1.807) is 6.26 Å². The van der Waals surface area contributed by atoms with Crippen molar-refractivity contribution in [2.24, 2.45) is 0 Å². The van der Waals surface area contributed by atoms with Gasteiger partial charge in [0.05, 0.1) is 18.3 Å². The lowest BCUT2D eigenvalue weighted by Gasteiger charge is -2.34. The first-order chi connectivity index (χ1) is 8.09. The van der Waals surface area contributed by atoms with Crippen LogP contribution in [0.3, 0.4) is 0 Å². The van der Waals surface area contributed by atoms with Gasteiger partial charge in [-0.15, -0.1) is 0 Å². The third-order valence-corrected chi connectivity index (χ3v) is 3.17. The van der Waals surface area contributed by atoms with Crippen molar-refractivity contribution in [2.45, 2.75) is 38.8 Å². The molecule has 1 saturated heterocycles. The smallest absolute Gasteiger partial charge is 0.242 e. The van der Waals surface area contributed by atoms with Crippen LogP contribution in [0, 0.1) is 0 Å². The largest absolute Gasteiger partial charge is 0.467 e. The second kappa shape index (κ2) is 4.92. The van der Waals surface area contributed by atoms with Crippen molar-refractivity contribution in [3.8, 4) is 0 Å². The maximum atomic E-state index is 12.4. The third-order valence-electron chi connectivity index (χ3n) is 3.17. The number of carbonyl (C=O) groups is 1. The zero-order chi connectivity index (χ0) is 12.3. The normalized spacial score (nSPS) is 21.1. The van der Waals surface area contributed by atoms with Crippen LogP contribution >= 0.6 is 0 Å². The predicted octanol–water partition coefficient (Wildman–Crippen LogP) is 1.77. The zero-order valence-corrected chi connectivity index (χ0v) is 10.5. The van der Waals surface area contributed by atoms with Gasteiger partial charge in [0.2, 0.25) is 5.91 Å². The number of hydrogen-bond acceptors (Lipinski definition) is 3. The highest BCUT2D eigenvalue weighted by Gasteiger charge is 2.32. The Kier molecular flexibility index (Phi) is 3.52. The number of hydrogen-bond donors (Lipinski definition) is 1. The molecule has 1 aliphatic heterocycles. The number of nitrogens with one attached hydrogen (secondary N) is 1. The van der Waals surface area contributed by atoms with Crippen LogP contribution in [0.1, 0.15) is 32.4 Å². The first kappa shape index (κ1) is 12.2. The first-order valence-corrected chi connectivity index (χ1v) is 6.16. The molecule has 1 N–H and O–H groups in total.